The minimum absolute atomic E-state index is 0.0289. The minimum Gasteiger partial charge on any atom is -0.321 e. The van der Waals surface area contributed by atoms with Gasteiger partial charge in [0, 0.05) is 11.8 Å². The summed E-state index contributed by atoms with van der Waals surface area (Å²) in [7, 11) is 0. The normalized spacial score (nSPS) is 16.5. The Hall–Kier alpha value is -2.61. The number of benzene rings is 1. The highest BCUT2D eigenvalue weighted by atomic mass is 19.4. The molecule has 8 heteroatoms. The zero-order chi connectivity index (χ0) is 21.0. The maximum absolute atomic E-state index is 12.7. The fraction of sp³-hybridized carbons (Fsp3) is 0.429. The average Bonchev–Trinajstić information content (AvgIpc) is 2.73. The molecule has 1 aromatic carbocycles. The molecule has 0 aliphatic carbocycles. The third kappa shape index (κ3) is 5.26. The van der Waals surface area contributed by atoms with Crippen molar-refractivity contribution in [3.63, 3.8) is 0 Å². The molecule has 0 spiro atoms. The molecule has 156 valence electrons. The minimum atomic E-state index is -4.35. The maximum atomic E-state index is 12.7. The molecule has 29 heavy (non-hydrogen) atoms. The van der Waals surface area contributed by atoms with Gasteiger partial charge in [0.15, 0.2) is 6.04 Å². The third-order valence-electron chi connectivity index (χ3n) is 5.51. The number of anilines is 2. The second kappa shape index (κ2) is 8.82. The topological polar surface area (TPSA) is 50.9 Å². The number of nitrogens with zero attached hydrogens (tertiary/aromatic N) is 1. The molecule has 3 N–H and O–H groups in total. The molecule has 1 saturated heterocycles. The van der Waals surface area contributed by atoms with Crippen LogP contribution in [0.15, 0.2) is 42.6 Å². The highest BCUT2D eigenvalue weighted by molar-refractivity contribution is 5.93. The predicted octanol–water partition coefficient (Wildman–Crippen LogP) is 1.81. The van der Waals surface area contributed by atoms with Crippen LogP contribution in [0.3, 0.4) is 0 Å². The summed E-state index contributed by atoms with van der Waals surface area (Å²) in [5.41, 5.74) is 1.32. The van der Waals surface area contributed by atoms with Gasteiger partial charge in [-0.2, -0.15) is 13.2 Å². The number of nitrogens with one attached hydrogen (secondary N) is 3. The standard InChI is InChI=1S/C21H25F3N4O/c1-3-16-4-7-18(8-5-16)26-20(29)15(2)27-10-12-28(13-11-27)19-9-6-17(14-25-19)21(22,23)24/h4-9,14-15H,3,10-13H2,1-2H3,(H,26,29)/p+2/t15-/m0/s1. The molecule has 2 heterocycles. The molecule has 1 fully saturated rings. The number of aromatic amines is 1. The van der Waals surface area contributed by atoms with E-state index >= 15 is 0 Å². The number of carbonyl (C=O) groups is 1. The van der Waals surface area contributed by atoms with Gasteiger partial charge in [-0.25, -0.2) is 4.98 Å². The van der Waals surface area contributed by atoms with Gasteiger partial charge in [-0.3, -0.25) is 9.69 Å². The van der Waals surface area contributed by atoms with Gasteiger partial charge in [0.2, 0.25) is 0 Å². The van der Waals surface area contributed by atoms with Gasteiger partial charge < -0.3 is 10.2 Å². The summed E-state index contributed by atoms with van der Waals surface area (Å²) in [6.45, 7) is 6.79. The van der Waals surface area contributed by atoms with E-state index in [-0.39, 0.29) is 11.9 Å². The van der Waals surface area contributed by atoms with Crippen LogP contribution in [0.4, 0.5) is 24.7 Å². The zero-order valence-corrected chi connectivity index (χ0v) is 16.6. The fourth-order valence-electron chi connectivity index (χ4n) is 3.52. The first-order valence-corrected chi connectivity index (χ1v) is 9.86. The fourth-order valence-corrected chi connectivity index (χ4v) is 3.52. The monoisotopic (exact) mass is 408 g/mol. The van der Waals surface area contributed by atoms with Crippen LogP contribution in [0.25, 0.3) is 0 Å². The van der Waals surface area contributed by atoms with Crippen molar-refractivity contribution < 1.29 is 27.8 Å². The van der Waals surface area contributed by atoms with Crippen LogP contribution in [-0.2, 0) is 17.4 Å². The quantitative estimate of drug-likeness (QED) is 0.793. The van der Waals surface area contributed by atoms with Crippen molar-refractivity contribution >= 4 is 17.4 Å². The molecule has 1 amide bonds. The second-order valence-corrected chi connectivity index (χ2v) is 7.37. The van der Waals surface area contributed by atoms with Gasteiger partial charge in [0.05, 0.1) is 5.56 Å². The lowest BCUT2D eigenvalue weighted by atomic mass is 10.1. The number of aromatic nitrogens is 1. The summed E-state index contributed by atoms with van der Waals surface area (Å²) in [5.74, 6) is 0.629. The number of halogens is 3. The van der Waals surface area contributed by atoms with Crippen molar-refractivity contribution in [3.05, 3.63) is 53.7 Å². The number of hydrogen-bond acceptors (Lipinski definition) is 2. The van der Waals surface area contributed by atoms with E-state index in [4.69, 9.17) is 0 Å². The largest absolute Gasteiger partial charge is 0.419 e. The van der Waals surface area contributed by atoms with E-state index < -0.39 is 11.7 Å². The van der Waals surface area contributed by atoms with Gasteiger partial charge in [0.1, 0.15) is 32.4 Å². The molecule has 0 saturated carbocycles. The Balaban J connectivity index is 1.53. The van der Waals surface area contributed by atoms with Gasteiger partial charge in [0.25, 0.3) is 11.7 Å². The van der Waals surface area contributed by atoms with Crippen LogP contribution in [0.1, 0.15) is 25.0 Å². The van der Waals surface area contributed by atoms with E-state index in [1.54, 1.807) is 0 Å². The Kier molecular flexibility index (Phi) is 6.42. The number of rotatable bonds is 5. The van der Waals surface area contributed by atoms with E-state index in [9.17, 15) is 18.0 Å². The van der Waals surface area contributed by atoms with E-state index in [0.717, 1.165) is 42.4 Å². The molecule has 0 bridgehead atoms. The molecule has 3 rings (SSSR count). The van der Waals surface area contributed by atoms with Crippen LogP contribution in [0.5, 0.6) is 0 Å². The van der Waals surface area contributed by atoms with Crippen LogP contribution in [0.2, 0.25) is 0 Å². The molecule has 5 nitrogen and oxygen atoms in total. The van der Waals surface area contributed by atoms with Crippen molar-refractivity contribution in [1.82, 2.24) is 0 Å². The lowest BCUT2D eigenvalue weighted by Gasteiger charge is -2.31. The summed E-state index contributed by atoms with van der Waals surface area (Å²) in [4.78, 5) is 18.5. The number of quaternary nitrogens is 1. The predicted molar refractivity (Wildman–Crippen MR) is 105 cm³/mol. The van der Waals surface area contributed by atoms with Crippen molar-refractivity contribution in [2.24, 2.45) is 0 Å². The van der Waals surface area contributed by atoms with E-state index in [1.165, 1.54) is 11.6 Å². The Morgan fingerprint density at radius 3 is 2.34 bits per heavy atom. The summed E-state index contributed by atoms with van der Waals surface area (Å²) >= 11 is 0. The van der Waals surface area contributed by atoms with E-state index in [2.05, 4.69) is 17.2 Å². The summed E-state index contributed by atoms with van der Waals surface area (Å²) < 4.78 is 38.1. The highest BCUT2D eigenvalue weighted by Crippen LogP contribution is 2.28. The smallest absolute Gasteiger partial charge is 0.321 e. The van der Waals surface area contributed by atoms with E-state index in [0.29, 0.717) is 18.9 Å². The SMILES string of the molecule is CCc1ccc(NC(=O)[C@H](C)[NH+]2CCN(c3ccc(C(F)(F)F)c[nH+]3)CC2)cc1. The highest BCUT2D eigenvalue weighted by Gasteiger charge is 2.34. The zero-order valence-electron chi connectivity index (χ0n) is 16.6. The molecule has 1 aliphatic rings. The number of amides is 1. The maximum Gasteiger partial charge on any atom is 0.419 e. The summed E-state index contributed by atoms with van der Waals surface area (Å²) in [5, 5.41) is 2.97. The number of carbonyl (C=O) groups excluding carboxylic acids is 1. The Labute approximate surface area is 168 Å². The molecule has 1 aliphatic heterocycles. The van der Waals surface area contributed by atoms with Crippen molar-refractivity contribution in [3.8, 4) is 0 Å². The number of piperazine rings is 1. The van der Waals surface area contributed by atoms with Crippen LogP contribution in [0, 0.1) is 0 Å². The van der Waals surface area contributed by atoms with Crippen LogP contribution < -0.4 is 20.1 Å². The molecular weight excluding hydrogens is 381 g/mol. The van der Waals surface area contributed by atoms with Crippen molar-refractivity contribution in [1.29, 1.82) is 0 Å². The number of hydrogen-bond donors (Lipinski definition) is 2. The summed E-state index contributed by atoms with van der Waals surface area (Å²) in [6.07, 6.45) is -2.40. The number of H-pyrrole nitrogens is 1. The molecule has 0 unspecified atom stereocenters. The first kappa shape index (κ1) is 21.1. The van der Waals surface area contributed by atoms with Crippen molar-refractivity contribution in [2.75, 3.05) is 36.4 Å². The lowest BCUT2D eigenvalue weighted by Crippen LogP contribution is -3.19. The number of aryl methyl sites for hydroxylation is 1. The van der Waals surface area contributed by atoms with Crippen LogP contribution in [-0.4, -0.2) is 38.1 Å². The first-order chi connectivity index (χ1) is 13.8. The summed E-state index contributed by atoms with van der Waals surface area (Å²) in [6, 6.07) is 10.2. The van der Waals surface area contributed by atoms with Gasteiger partial charge in [-0.1, -0.05) is 19.1 Å². The number of alkyl halides is 3. The van der Waals surface area contributed by atoms with Gasteiger partial charge in [-0.15, -0.1) is 0 Å². The average molecular weight is 408 g/mol. The second-order valence-electron chi connectivity index (χ2n) is 7.37. The molecular formula is C21H27F3N4O+2. The van der Waals surface area contributed by atoms with E-state index in [1.807, 2.05) is 36.1 Å². The van der Waals surface area contributed by atoms with Gasteiger partial charge in [-0.05, 0) is 37.1 Å². The number of pyridine rings is 1. The third-order valence-corrected chi connectivity index (χ3v) is 5.51. The van der Waals surface area contributed by atoms with Crippen molar-refractivity contribution in [2.45, 2.75) is 32.5 Å². The first-order valence-electron chi connectivity index (χ1n) is 9.86. The molecule has 1 aromatic heterocycles. The molecule has 2 aromatic rings. The van der Waals surface area contributed by atoms with Crippen LogP contribution >= 0.6 is 0 Å². The van der Waals surface area contributed by atoms with Gasteiger partial charge >= 0.3 is 6.18 Å². The Morgan fingerprint density at radius 2 is 1.83 bits per heavy atom. The Morgan fingerprint density at radius 1 is 1.17 bits per heavy atom. The molecule has 0 radical (unpaired) electrons. The molecule has 1 atom stereocenters. The lowest BCUT2D eigenvalue weighted by molar-refractivity contribution is -0.914. The Bertz CT molecular complexity index is 813.